The molecule has 124 valence electrons. The molecule has 0 spiro atoms. The average Bonchev–Trinajstić information content (AvgIpc) is 2.85. The molecule has 0 fully saturated rings. The number of aromatic nitrogens is 3. The minimum atomic E-state index is -0.205. The lowest BCUT2D eigenvalue weighted by atomic mass is 10.1. The maximum Gasteiger partial charge on any atom is 0.315 e. The van der Waals surface area contributed by atoms with Crippen molar-refractivity contribution in [1.82, 2.24) is 25.4 Å². The van der Waals surface area contributed by atoms with Crippen LogP contribution in [-0.4, -0.2) is 34.9 Å². The minimum Gasteiger partial charge on any atom is -0.363 e. The SMILES string of the molecule is Cc1c([C@H](C)NC(=O)NCc2ccnc(N(C)C)c2)cnn1C. The number of nitrogens with one attached hydrogen (secondary N) is 2. The maximum absolute atomic E-state index is 12.1. The Bertz CT molecular complexity index is 679. The third-order valence-electron chi connectivity index (χ3n) is 3.81. The molecule has 1 atom stereocenters. The van der Waals surface area contributed by atoms with Crippen LogP contribution in [-0.2, 0) is 13.6 Å². The molecule has 0 bridgehead atoms. The number of aryl methyl sites for hydroxylation is 1. The van der Waals surface area contributed by atoms with Gasteiger partial charge in [0.05, 0.1) is 12.2 Å². The number of pyridine rings is 1. The van der Waals surface area contributed by atoms with Crippen molar-refractivity contribution in [2.75, 3.05) is 19.0 Å². The van der Waals surface area contributed by atoms with Crippen LogP contribution in [0, 0.1) is 6.92 Å². The predicted octanol–water partition coefficient (Wildman–Crippen LogP) is 1.75. The highest BCUT2D eigenvalue weighted by Gasteiger charge is 2.14. The highest BCUT2D eigenvalue weighted by atomic mass is 16.2. The molecule has 0 aliphatic heterocycles. The van der Waals surface area contributed by atoms with E-state index in [1.54, 1.807) is 17.1 Å². The van der Waals surface area contributed by atoms with Crippen molar-refractivity contribution < 1.29 is 4.79 Å². The standard InChI is InChI=1S/C16H24N6O/c1-11(14-10-19-22(5)12(14)2)20-16(23)18-9-13-6-7-17-15(8-13)21(3)4/h6-8,10-11H,9H2,1-5H3,(H2,18,20,23)/t11-/m0/s1. The van der Waals surface area contributed by atoms with Crippen LogP contribution in [0.15, 0.2) is 24.5 Å². The molecule has 2 N–H and O–H groups in total. The lowest BCUT2D eigenvalue weighted by molar-refractivity contribution is 0.237. The summed E-state index contributed by atoms with van der Waals surface area (Å²) >= 11 is 0. The van der Waals surface area contributed by atoms with Crippen LogP contribution in [0.4, 0.5) is 10.6 Å². The number of hydrogen-bond donors (Lipinski definition) is 2. The Kier molecular flexibility index (Phi) is 5.20. The molecule has 23 heavy (non-hydrogen) atoms. The number of carbonyl (C=O) groups is 1. The van der Waals surface area contributed by atoms with Gasteiger partial charge in [-0.25, -0.2) is 9.78 Å². The van der Waals surface area contributed by atoms with E-state index in [1.807, 2.05) is 52.0 Å². The van der Waals surface area contributed by atoms with Crippen molar-refractivity contribution in [3.05, 3.63) is 41.3 Å². The van der Waals surface area contributed by atoms with Gasteiger partial charge in [-0.3, -0.25) is 4.68 Å². The van der Waals surface area contributed by atoms with Crippen LogP contribution in [0.5, 0.6) is 0 Å². The molecular formula is C16H24N6O. The van der Waals surface area contributed by atoms with E-state index in [2.05, 4.69) is 20.7 Å². The molecule has 0 saturated heterocycles. The molecule has 0 aliphatic carbocycles. The zero-order chi connectivity index (χ0) is 17.0. The van der Waals surface area contributed by atoms with Crippen molar-refractivity contribution >= 4 is 11.8 Å². The molecule has 7 heteroatoms. The van der Waals surface area contributed by atoms with Gasteiger partial charge in [0.1, 0.15) is 5.82 Å². The van der Waals surface area contributed by atoms with Crippen LogP contribution >= 0.6 is 0 Å². The molecule has 0 aliphatic rings. The summed E-state index contributed by atoms with van der Waals surface area (Å²) in [6.07, 6.45) is 3.53. The highest BCUT2D eigenvalue weighted by Crippen LogP contribution is 2.15. The fraction of sp³-hybridized carbons (Fsp3) is 0.438. The van der Waals surface area contributed by atoms with Gasteiger partial charge in [0, 0.05) is 45.1 Å². The van der Waals surface area contributed by atoms with Gasteiger partial charge in [-0.1, -0.05) is 0 Å². The van der Waals surface area contributed by atoms with Gasteiger partial charge in [0.15, 0.2) is 0 Å². The number of hydrogen-bond acceptors (Lipinski definition) is 4. The Labute approximate surface area is 136 Å². The number of rotatable bonds is 5. The van der Waals surface area contributed by atoms with Crippen LogP contribution in [0.3, 0.4) is 0 Å². The van der Waals surface area contributed by atoms with Crippen LogP contribution in [0.1, 0.15) is 29.8 Å². The van der Waals surface area contributed by atoms with Crippen LogP contribution < -0.4 is 15.5 Å². The Morgan fingerprint density at radius 3 is 2.78 bits per heavy atom. The summed E-state index contributed by atoms with van der Waals surface area (Å²) in [5.41, 5.74) is 3.06. The van der Waals surface area contributed by atoms with E-state index in [0.29, 0.717) is 6.54 Å². The summed E-state index contributed by atoms with van der Waals surface area (Å²) in [5.74, 6) is 0.865. The van der Waals surface area contributed by atoms with Gasteiger partial charge in [-0.05, 0) is 31.5 Å². The molecule has 0 saturated carbocycles. The van der Waals surface area contributed by atoms with Gasteiger partial charge in [0.25, 0.3) is 0 Å². The van der Waals surface area contributed by atoms with E-state index in [1.165, 1.54) is 0 Å². The topological polar surface area (TPSA) is 75.1 Å². The molecule has 0 aromatic carbocycles. The van der Waals surface area contributed by atoms with Crippen molar-refractivity contribution in [2.24, 2.45) is 7.05 Å². The second kappa shape index (κ2) is 7.13. The van der Waals surface area contributed by atoms with E-state index < -0.39 is 0 Å². The third-order valence-corrected chi connectivity index (χ3v) is 3.81. The lowest BCUT2D eigenvalue weighted by Gasteiger charge is -2.15. The van der Waals surface area contributed by atoms with Crippen LogP contribution in [0.2, 0.25) is 0 Å². The Morgan fingerprint density at radius 2 is 2.17 bits per heavy atom. The van der Waals surface area contributed by atoms with Gasteiger partial charge >= 0.3 is 6.03 Å². The fourth-order valence-electron chi connectivity index (χ4n) is 2.26. The summed E-state index contributed by atoms with van der Waals surface area (Å²) < 4.78 is 1.80. The van der Waals surface area contributed by atoms with Crippen molar-refractivity contribution in [2.45, 2.75) is 26.4 Å². The third kappa shape index (κ3) is 4.21. The van der Waals surface area contributed by atoms with E-state index in [9.17, 15) is 4.79 Å². The molecule has 7 nitrogen and oxygen atoms in total. The predicted molar refractivity (Wildman–Crippen MR) is 90.3 cm³/mol. The first kappa shape index (κ1) is 16.8. The molecule has 0 radical (unpaired) electrons. The first-order valence-electron chi connectivity index (χ1n) is 7.53. The molecule has 2 amide bonds. The lowest BCUT2D eigenvalue weighted by Crippen LogP contribution is -2.36. The summed E-state index contributed by atoms with van der Waals surface area (Å²) in [6.45, 7) is 4.38. The number of amides is 2. The number of nitrogens with zero attached hydrogens (tertiary/aromatic N) is 4. The number of anilines is 1. The van der Waals surface area contributed by atoms with E-state index in [4.69, 9.17) is 0 Å². The van der Waals surface area contributed by atoms with E-state index in [0.717, 1.165) is 22.6 Å². The molecule has 2 rings (SSSR count). The smallest absolute Gasteiger partial charge is 0.315 e. The van der Waals surface area contributed by atoms with Crippen molar-refractivity contribution in [3.8, 4) is 0 Å². The average molecular weight is 316 g/mol. The summed E-state index contributed by atoms with van der Waals surface area (Å²) in [4.78, 5) is 18.2. The van der Waals surface area contributed by atoms with Gasteiger partial charge < -0.3 is 15.5 Å². The second-order valence-electron chi connectivity index (χ2n) is 5.77. The monoisotopic (exact) mass is 316 g/mol. The minimum absolute atomic E-state index is 0.0986. The molecule has 2 aromatic rings. The van der Waals surface area contributed by atoms with E-state index in [-0.39, 0.29) is 12.1 Å². The van der Waals surface area contributed by atoms with Crippen molar-refractivity contribution in [1.29, 1.82) is 0 Å². The first-order chi connectivity index (χ1) is 10.9. The van der Waals surface area contributed by atoms with Crippen molar-refractivity contribution in [3.63, 3.8) is 0 Å². The Balaban J connectivity index is 1.90. The summed E-state index contributed by atoms with van der Waals surface area (Å²) in [7, 11) is 5.76. The van der Waals surface area contributed by atoms with Gasteiger partial charge in [-0.2, -0.15) is 5.10 Å². The molecule has 2 heterocycles. The largest absolute Gasteiger partial charge is 0.363 e. The van der Waals surface area contributed by atoms with Crippen LogP contribution in [0.25, 0.3) is 0 Å². The zero-order valence-corrected chi connectivity index (χ0v) is 14.3. The summed E-state index contributed by atoms with van der Waals surface area (Å²) in [5, 5.41) is 9.99. The fourth-order valence-corrected chi connectivity index (χ4v) is 2.26. The first-order valence-corrected chi connectivity index (χ1v) is 7.53. The second-order valence-corrected chi connectivity index (χ2v) is 5.77. The number of urea groups is 1. The highest BCUT2D eigenvalue weighted by molar-refractivity contribution is 5.74. The van der Waals surface area contributed by atoms with E-state index >= 15 is 0 Å². The molecule has 0 unspecified atom stereocenters. The van der Waals surface area contributed by atoms with Gasteiger partial charge in [0.2, 0.25) is 0 Å². The maximum atomic E-state index is 12.1. The zero-order valence-electron chi connectivity index (χ0n) is 14.3. The number of carbonyl (C=O) groups excluding carboxylic acids is 1. The normalized spacial score (nSPS) is 11.9. The molecule has 2 aromatic heterocycles. The van der Waals surface area contributed by atoms with Gasteiger partial charge in [-0.15, -0.1) is 0 Å². The Morgan fingerprint density at radius 1 is 1.43 bits per heavy atom. The quantitative estimate of drug-likeness (QED) is 0.881. The Hall–Kier alpha value is -2.57. The summed E-state index contributed by atoms with van der Waals surface area (Å²) in [6, 6.07) is 3.54. The molecular weight excluding hydrogens is 292 g/mol.